The highest BCUT2D eigenvalue weighted by Crippen LogP contribution is 2.15. The van der Waals surface area contributed by atoms with E-state index in [0.29, 0.717) is 11.3 Å². The summed E-state index contributed by atoms with van der Waals surface area (Å²) in [5.74, 6) is -0.788. The van der Waals surface area contributed by atoms with Gasteiger partial charge in [-0.25, -0.2) is 9.07 Å². The minimum Gasteiger partial charge on any atom is -0.350 e. The van der Waals surface area contributed by atoms with Gasteiger partial charge in [0.25, 0.3) is 17.2 Å². The second-order valence-electron chi connectivity index (χ2n) is 5.85. The molecule has 0 saturated heterocycles. The van der Waals surface area contributed by atoms with E-state index in [9.17, 15) is 24.1 Å². The molecule has 1 amide bonds. The van der Waals surface area contributed by atoms with Crippen LogP contribution >= 0.6 is 0 Å². The summed E-state index contributed by atoms with van der Waals surface area (Å²) in [5.41, 5.74) is 0.984. The number of nitrogens with one attached hydrogen (secondary N) is 1. The van der Waals surface area contributed by atoms with E-state index in [4.69, 9.17) is 0 Å². The third kappa shape index (κ3) is 4.44. The van der Waals surface area contributed by atoms with E-state index in [0.717, 1.165) is 0 Å². The Balaban J connectivity index is 1.65. The molecule has 1 aromatic heterocycles. The Morgan fingerprint density at radius 2 is 1.75 bits per heavy atom. The number of aromatic nitrogens is 2. The van der Waals surface area contributed by atoms with Gasteiger partial charge in [-0.15, -0.1) is 0 Å². The number of nitro benzene ring substituents is 1. The average Bonchev–Trinajstić information content (AvgIpc) is 2.70. The topological polar surface area (TPSA) is 107 Å². The first-order valence-electron chi connectivity index (χ1n) is 8.31. The molecule has 0 bridgehead atoms. The maximum absolute atomic E-state index is 13.0. The molecule has 3 rings (SSSR count). The minimum absolute atomic E-state index is 0.107. The van der Waals surface area contributed by atoms with Crippen molar-refractivity contribution >= 4 is 11.6 Å². The average molecular weight is 382 g/mol. The first-order chi connectivity index (χ1) is 13.4. The Morgan fingerprint density at radius 3 is 2.39 bits per heavy atom. The molecule has 0 radical (unpaired) electrons. The van der Waals surface area contributed by atoms with Gasteiger partial charge in [0.05, 0.1) is 17.2 Å². The van der Waals surface area contributed by atoms with Gasteiger partial charge in [0.1, 0.15) is 5.82 Å². The predicted molar refractivity (Wildman–Crippen MR) is 99.3 cm³/mol. The minimum atomic E-state index is -0.548. The molecule has 0 fully saturated rings. The number of hydrogen-bond donors (Lipinski definition) is 1. The molecule has 1 heterocycles. The first kappa shape index (κ1) is 18.9. The van der Waals surface area contributed by atoms with E-state index < -0.39 is 10.8 Å². The van der Waals surface area contributed by atoms with E-state index >= 15 is 0 Å². The highest BCUT2D eigenvalue weighted by atomic mass is 19.1. The lowest BCUT2D eigenvalue weighted by atomic mass is 10.1. The molecule has 0 atom stereocenters. The molecule has 28 heavy (non-hydrogen) atoms. The Morgan fingerprint density at radius 1 is 1.07 bits per heavy atom. The van der Waals surface area contributed by atoms with Crippen molar-refractivity contribution in [3.63, 3.8) is 0 Å². The van der Waals surface area contributed by atoms with Gasteiger partial charge < -0.3 is 5.32 Å². The summed E-state index contributed by atoms with van der Waals surface area (Å²) in [6.45, 7) is 0.266. The third-order valence-electron chi connectivity index (χ3n) is 3.96. The van der Waals surface area contributed by atoms with Crippen LogP contribution in [0.5, 0.6) is 0 Å². The quantitative estimate of drug-likeness (QED) is 0.520. The van der Waals surface area contributed by atoms with Crippen LogP contribution in [0.15, 0.2) is 65.5 Å². The molecule has 0 aliphatic carbocycles. The molecular formula is C19H15FN4O4. The number of amides is 1. The number of nitrogens with zero attached hydrogens (tertiary/aromatic N) is 3. The highest BCUT2D eigenvalue weighted by molar-refractivity contribution is 5.94. The summed E-state index contributed by atoms with van der Waals surface area (Å²) in [6, 6.07) is 13.8. The zero-order valence-electron chi connectivity index (χ0n) is 14.5. The molecule has 0 aliphatic rings. The molecule has 1 N–H and O–H groups in total. The highest BCUT2D eigenvalue weighted by Gasteiger charge is 2.09. The fourth-order valence-corrected chi connectivity index (χ4v) is 2.50. The van der Waals surface area contributed by atoms with Crippen LogP contribution in [0.1, 0.15) is 10.4 Å². The van der Waals surface area contributed by atoms with Gasteiger partial charge in [0, 0.05) is 35.9 Å². The van der Waals surface area contributed by atoms with Gasteiger partial charge in [-0.05, 0) is 42.5 Å². The number of benzene rings is 2. The van der Waals surface area contributed by atoms with Crippen LogP contribution in [0.2, 0.25) is 0 Å². The van der Waals surface area contributed by atoms with E-state index in [1.54, 1.807) is 18.2 Å². The molecule has 0 spiro atoms. The molecule has 0 unspecified atom stereocenters. The molecule has 0 saturated carbocycles. The van der Waals surface area contributed by atoms with Crippen LogP contribution < -0.4 is 10.9 Å². The van der Waals surface area contributed by atoms with Crippen molar-refractivity contribution in [3.8, 4) is 11.3 Å². The van der Waals surface area contributed by atoms with Crippen LogP contribution in [0.3, 0.4) is 0 Å². The smallest absolute Gasteiger partial charge is 0.269 e. The lowest BCUT2D eigenvalue weighted by Crippen LogP contribution is -2.31. The van der Waals surface area contributed by atoms with Gasteiger partial charge in [-0.1, -0.05) is 0 Å². The molecule has 9 heteroatoms. The second kappa shape index (κ2) is 8.21. The zero-order valence-corrected chi connectivity index (χ0v) is 14.5. The Labute approximate surface area is 158 Å². The van der Waals surface area contributed by atoms with Crippen LogP contribution in [0.25, 0.3) is 11.3 Å². The van der Waals surface area contributed by atoms with Gasteiger partial charge in [0.15, 0.2) is 0 Å². The van der Waals surface area contributed by atoms with Gasteiger partial charge in [0.2, 0.25) is 0 Å². The third-order valence-corrected chi connectivity index (χ3v) is 3.96. The zero-order chi connectivity index (χ0) is 20.1. The number of carbonyl (C=O) groups excluding carboxylic acids is 1. The lowest BCUT2D eigenvalue weighted by molar-refractivity contribution is -0.384. The standard InChI is InChI=1S/C19H15FN4O4/c20-15-5-1-13(2-6-15)17-9-10-18(25)23(22-17)12-11-21-19(26)14-3-7-16(8-4-14)24(27)28/h1-10H,11-12H2,(H,21,26). The summed E-state index contributed by atoms with van der Waals surface area (Å²) >= 11 is 0. The second-order valence-corrected chi connectivity index (χ2v) is 5.85. The van der Waals surface area contributed by atoms with Crippen LogP contribution in [0.4, 0.5) is 10.1 Å². The predicted octanol–water partition coefficient (Wildman–Crippen LogP) is 2.39. The Hall–Kier alpha value is -3.88. The number of carbonyl (C=O) groups is 1. The SMILES string of the molecule is O=C(NCCn1nc(-c2ccc(F)cc2)ccc1=O)c1ccc([N+](=O)[O-])cc1. The first-order valence-corrected chi connectivity index (χ1v) is 8.31. The van der Waals surface area contributed by atoms with Gasteiger partial charge in [-0.2, -0.15) is 5.10 Å². The summed E-state index contributed by atoms with van der Waals surface area (Å²) in [4.78, 5) is 34.2. The fraction of sp³-hybridized carbons (Fsp3) is 0.105. The number of rotatable bonds is 6. The maximum Gasteiger partial charge on any atom is 0.269 e. The van der Waals surface area contributed by atoms with Crippen molar-refractivity contribution in [3.05, 3.63) is 92.5 Å². The number of hydrogen-bond acceptors (Lipinski definition) is 5. The molecule has 3 aromatic rings. The van der Waals surface area contributed by atoms with Crippen LogP contribution in [0, 0.1) is 15.9 Å². The van der Waals surface area contributed by atoms with E-state index in [2.05, 4.69) is 10.4 Å². The van der Waals surface area contributed by atoms with E-state index in [-0.39, 0.29) is 35.7 Å². The summed E-state index contributed by atoms with van der Waals surface area (Å²) in [6.07, 6.45) is 0. The van der Waals surface area contributed by atoms with Crippen molar-refractivity contribution in [1.82, 2.24) is 15.1 Å². The number of nitro groups is 1. The Kier molecular flexibility index (Phi) is 5.54. The van der Waals surface area contributed by atoms with Crippen molar-refractivity contribution in [2.24, 2.45) is 0 Å². The maximum atomic E-state index is 13.0. The van der Waals surface area contributed by atoms with Gasteiger partial charge in [-0.3, -0.25) is 19.7 Å². The molecule has 142 valence electrons. The molecule has 0 aliphatic heterocycles. The van der Waals surface area contributed by atoms with Gasteiger partial charge >= 0.3 is 0 Å². The normalized spacial score (nSPS) is 10.5. The largest absolute Gasteiger partial charge is 0.350 e. The summed E-state index contributed by atoms with van der Waals surface area (Å²) in [7, 11) is 0. The van der Waals surface area contributed by atoms with E-state index in [1.807, 2.05) is 0 Å². The fourth-order valence-electron chi connectivity index (χ4n) is 2.50. The van der Waals surface area contributed by atoms with Crippen molar-refractivity contribution in [1.29, 1.82) is 0 Å². The summed E-state index contributed by atoms with van der Waals surface area (Å²) < 4.78 is 14.2. The van der Waals surface area contributed by atoms with Crippen LogP contribution in [-0.2, 0) is 6.54 Å². The van der Waals surface area contributed by atoms with Crippen molar-refractivity contribution in [2.75, 3.05) is 6.54 Å². The summed E-state index contributed by atoms with van der Waals surface area (Å²) in [5, 5.41) is 17.5. The number of non-ortho nitro benzene ring substituents is 1. The molecule has 2 aromatic carbocycles. The van der Waals surface area contributed by atoms with E-state index in [1.165, 1.54) is 47.1 Å². The van der Waals surface area contributed by atoms with Crippen LogP contribution in [-0.4, -0.2) is 27.2 Å². The molecular weight excluding hydrogens is 367 g/mol. The van der Waals surface area contributed by atoms with Crippen molar-refractivity contribution in [2.45, 2.75) is 6.54 Å². The molecule has 8 nitrogen and oxygen atoms in total. The van der Waals surface area contributed by atoms with Crippen molar-refractivity contribution < 1.29 is 14.1 Å². The number of halogens is 1. The lowest BCUT2D eigenvalue weighted by Gasteiger charge is -2.09. The Bertz CT molecular complexity index is 1060. The monoisotopic (exact) mass is 382 g/mol.